The van der Waals surface area contributed by atoms with Crippen LogP contribution >= 0.6 is 23.1 Å². The maximum Gasteiger partial charge on any atom is 0.250 e. The van der Waals surface area contributed by atoms with Gasteiger partial charge in [-0.25, -0.2) is 5.43 Å². The fraction of sp³-hybridized carbons (Fsp3) is 0.214. The Labute approximate surface area is 219 Å². The minimum Gasteiger partial charge on any atom is -0.488 e. The fourth-order valence-corrected chi connectivity index (χ4v) is 4.93. The molecule has 8 heteroatoms. The van der Waals surface area contributed by atoms with Gasteiger partial charge < -0.3 is 4.74 Å². The molecule has 0 spiro atoms. The summed E-state index contributed by atoms with van der Waals surface area (Å²) in [6.45, 7) is 7.04. The minimum atomic E-state index is -0.218. The van der Waals surface area contributed by atoms with Crippen molar-refractivity contribution in [2.45, 2.75) is 37.1 Å². The number of carbonyl (C=O) groups excluding carboxylic acids is 1. The van der Waals surface area contributed by atoms with E-state index in [0.717, 1.165) is 26.0 Å². The first-order chi connectivity index (χ1) is 17.4. The highest BCUT2D eigenvalue weighted by molar-refractivity contribution is 8.01. The van der Waals surface area contributed by atoms with Crippen LogP contribution in [0.5, 0.6) is 5.75 Å². The molecule has 0 saturated heterocycles. The van der Waals surface area contributed by atoms with Crippen LogP contribution in [0.3, 0.4) is 0 Å². The lowest BCUT2D eigenvalue weighted by Gasteiger charge is -2.19. The molecular weight excluding hydrogens is 488 g/mol. The van der Waals surface area contributed by atoms with E-state index in [1.165, 1.54) is 28.7 Å². The second kappa shape index (κ2) is 12.0. The van der Waals surface area contributed by atoms with Crippen molar-refractivity contribution in [2.75, 3.05) is 5.75 Å². The molecule has 36 heavy (non-hydrogen) atoms. The zero-order valence-corrected chi connectivity index (χ0v) is 22.1. The highest BCUT2D eigenvalue weighted by atomic mass is 32.2. The van der Waals surface area contributed by atoms with Gasteiger partial charge in [-0.05, 0) is 28.7 Å². The smallest absolute Gasteiger partial charge is 0.250 e. The molecule has 1 heterocycles. The summed E-state index contributed by atoms with van der Waals surface area (Å²) < 4.78 is 6.77. The van der Waals surface area contributed by atoms with Crippen LogP contribution in [-0.2, 0) is 16.8 Å². The van der Waals surface area contributed by atoms with E-state index in [-0.39, 0.29) is 17.1 Å². The van der Waals surface area contributed by atoms with Crippen molar-refractivity contribution in [3.63, 3.8) is 0 Å². The summed E-state index contributed by atoms with van der Waals surface area (Å²) in [5, 5.41) is 13.3. The van der Waals surface area contributed by atoms with Gasteiger partial charge in [-0.3, -0.25) is 4.79 Å². The van der Waals surface area contributed by atoms with Crippen molar-refractivity contribution < 1.29 is 9.53 Å². The van der Waals surface area contributed by atoms with Crippen molar-refractivity contribution >= 4 is 35.2 Å². The summed E-state index contributed by atoms with van der Waals surface area (Å²) >= 11 is 2.80. The molecule has 0 atom stereocenters. The van der Waals surface area contributed by atoms with Gasteiger partial charge >= 0.3 is 0 Å². The van der Waals surface area contributed by atoms with E-state index in [2.05, 4.69) is 65.8 Å². The number of hydrazone groups is 1. The summed E-state index contributed by atoms with van der Waals surface area (Å²) in [4.78, 5) is 12.3. The number of aromatic nitrogens is 2. The van der Waals surface area contributed by atoms with Crippen molar-refractivity contribution in [3.05, 3.63) is 95.6 Å². The molecule has 0 aliphatic heterocycles. The molecule has 3 aromatic carbocycles. The van der Waals surface area contributed by atoms with Crippen molar-refractivity contribution in [2.24, 2.45) is 5.10 Å². The lowest BCUT2D eigenvalue weighted by Crippen LogP contribution is -2.19. The average molecular weight is 517 g/mol. The van der Waals surface area contributed by atoms with Gasteiger partial charge in [-0.1, -0.05) is 111 Å². The van der Waals surface area contributed by atoms with Gasteiger partial charge in [0.05, 0.1) is 12.0 Å². The number of amides is 1. The first kappa shape index (κ1) is 25.6. The van der Waals surface area contributed by atoms with E-state index < -0.39 is 0 Å². The standard InChI is InChI=1S/C28H28N4O2S2/c1-28(2,3)23-15-13-20(14-16-23)18-34-24-12-8-7-11-22(24)17-29-30-25(33)19-35-27-32-31-26(36-27)21-9-5-4-6-10-21/h4-17H,18-19H2,1-3H3,(H,30,33). The van der Waals surface area contributed by atoms with E-state index in [9.17, 15) is 4.79 Å². The SMILES string of the molecule is CC(C)(C)c1ccc(COc2ccccc2C=NNC(=O)CSc2nnc(-c3ccccc3)s2)cc1. The van der Waals surface area contributed by atoms with Crippen molar-refractivity contribution in [1.29, 1.82) is 0 Å². The lowest BCUT2D eigenvalue weighted by atomic mass is 9.87. The number of ether oxygens (including phenoxy) is 1. The second-order valence-corrected chi connectivity index (χ2v) is 11.3. The number of benzene rings is 3. The number of rotatable bonds is 9. The molecular formula is C28H28N4O2S2. The predicted molar refractivity (Wildman–Crippen MR) is 148 cm³/mol. The molecule has 0 unspecified atom stereocenters. The summed E-state index contributed by atoms with van der Waals surface area (Å²) in [6, 6.07) is 25.9. The van der Waals surface area contributed by atoms with Crippen molar-refractivity contribution in [1.82, 2.24) is 15.6 Å². The zero-order chi connectivity index (χ0) is 25.4. The number of para-hydroxylation sites is 1. The van der Waals surface area contributed by atoms with Gasteiger partial charge in [0, 0.05) is 11.1 Å². The first-order valence-corrected chi connectivity index (χ1v) is 13.3. The summed E-state index contributed by atoms with van der Waals surface area (Å²) in [6.07, 6.45) is 1.60. The number of hydrogen-bond acceptors (Lipinski definition) is 7. The summed E-state index contributed by atoms with van der Waals surface area (Å²) in [7, 11) is 0. The third kappa shape index (κ3) is 7.26. The largest absolute Gasteiger partial charge is 0.488 e. The van der Waals surface area contributed by atoms with Crippen LogP contribution < -0.4 is 10.2 Å². The van der Waals surface area contributed by atoms with Crippen LogP contribution in [0.15, 0.2) is 88.3 Å². The van der Waals surface area contributed by atoms with Crippen LogP contribution in [0.1, 0.15) is 37.5 Å². The number of hydrogen-bond donors (Lipinski definition) is 1. The molecule has 0 bridgehead atoms. The Morgan fingerprint density at radius 1 is 1.00 bits per heavy atom. The highest BCUT2D eigenvalue weighted by Gasteiger charge is 2.13. The quantitative estimate of drug-likeness (QED) is 0.160. The Morgan fingerprint density at radius 2 is 1.72 bits per heavy atom. The maximum absolute atomic E-state index is 12.3. The highest BCUT2D eigenvalue weighted by Crippen LogP contribution is 2.29. The monoisotopic (exact) mass is 516 g/mol. The molecule has 1 amide bonds. The molecule has 6 nitrogen and oxygen atoms in total. The Balaban J connectivity index is 1.27. The van der Waals surface area contributed by atoms with Gasteiger partial charge in [0.15, 0.2) is 4.34 Å². The summed E-state index contributed by atoms with van der Waals surface area (Å²) in [5.41, 5.74) is 6.87. The van der Waals surface area contributed by atoms with E-state index in [4.69, 9.17) is 4.74 Å². The Hall–Kier alpha value is -3.49. The first-order valence-electron chi connectivity index (χ1n) is 11.5. The average Bonchev–Trinajstić information content (AvgIpc) is 3.36. The fourth-order valence-electron chi connectivity index (χ4n) is 3.28. The Bertz CT molecular complexity index is 1310. The predicted octanol–water partition coefficient (Wildman–Crippen LogP) is 6.32. The zero-order valence-electron chi connectivity index (χ0n) is 20.5. The van der Waals surface area contributed by atoms with E-state index in [1.54, 1.807) is 6.21 Å². The Kier molecular flexibility index (Phi) is 8.51. The molecule has 184 valence electrons. The van der Waals surface area contributed by atoms with Crippen LogP contribution in [-0.4, -0.2) is 28.1 Å². The molecule has 0 saturated carbocycles. The molecule has 0 aliphatic rings. The molecule has 0 radical (unpaired) electrons. The number of thioether (sulfide) groups is 1. The van der Waals surface area contributed by atoms with Crippen LogP contribution in [0.4, 0.5) is 0 Å². The van der Waals surface area contributed by atoms with Crippen LogP contribution in [0.25, 0.3) is 10.6 Å². The molecule has 0 fully saturated rings. The van der Waals surface area contributed by atoms with Crippen LogP contribution in [0.2, 0.25) is 0 Å². The van der Waals surface area contributed by atoms with Gasteiger partial charge in [-0.15, -0.1) is 10.2 Å². The molecule has 1 N–H and O–H groups in total. The normalized spacial score (nSPS) is 11.5. The van der Waals surface area contributed by atoms with E-state index in [0.29, 0.717) is 12.4 Å². The number of carbonyl (C=O) groups is 1. The maximum atomic E-state index is 12.3. The van der Waals surface area contributed by atoms with Crippen LogP contribution in [0, 0.1) is 0 Å². The molecule has 4 rings (SSSR count). The van der Waals surface area contributed by atoms with Gasteiger partial charge in [0.2, 0.25) is 0 Å². The molecule has 0 aliphatic carbocycles. The third-order valence-electron chi connectivity index (χ3n) is 5.28. The third-order valence-corrected chi connectivity index (χ3v) is 7.39. The van der Waals surface area contributed by atoms with Gasteiger partial charge in [0.25, 0.3) is 5.91 Å². The lowest BCUT2D eigenvalue weighted by molar-refractivity contribution is -0.118. The topological polar surface area (TPSA) is 76.5 Å². The number of nitrogens with one attached hydrogen (secondary N) is 1. The van der Waals surface area contributed by atoms with Crippen molar-refractivity contribution in [3.8, 4) is 16.3 Å². The van der Waals surface area contributed by atoms with E-state index in [1.807, 2.05) is 54.6 Å². The van der Waals surface area contributed by atoms with Gasteiger partial charge in [-0.2, -0.15) is 5.10 Å². The molecule has 4 aromatic rings. The van der Waals surface area contributed by atoms with E-state index >= 15 is 0 Å². The summed E-state index contributed by atoms with van der Waals surface area (Å²) in [5.74, 6) is 0.681. The molecule has 1 aromatic heterocycles. The Morgan fingerprint density at radius 3 is 2.47 bits per heavy atom. The second-order valence-electron chi connectivity index (χ2n) is 9.09. The van der Waals surface area contributed by atoms with Gasteiger partial charge in [0.1, 0.15) is 17.4 Å². The number of nitrogens with zero attached hydrogens (tertiary/aromatic N) is 3. The minimum absolute atomic E-state index is 0.119.